The highest BCUT2D eigenvalue weighted by atomic mass is 32.2. The van der Waals surface area contributed by atoms with Crippen molar-refractivity contribution < 1.29 is 13.3 Å². The maximum absolute atomic E-state index is 10.0. The van der Waals surface area contributed by atoms with Crippen LogP contribution >= 0.6 is 0 Å². The first-order chi connectivity index (χ1) is 6.04. The van der Waals surface area contributed by atoms with Crippen LogP contribution in [0.25, 0.3) is 0 Å². The van der Waals surface area contributed by atoms with E-state index in [1.807, 2.05) is 0 Å². The minimum atomic E-state index is -2.61. The van der Waals surface area contributed by atoms with E-state index in [1.165, 1.54) is 12.1 Å². The Kier molecular flexibility index (Phi) is 5.05. The predicted molar refractivity (Wildman–Crippen MR) is 44.7 cm³/mol. The van der Waals surface area contributed by atoms with Crippen LogP contribution in [0.15, 0.2) is 30.3 Å². The number of hydrogen-bond acceptors (Lipinski definition) is 5. The average molecular weight is 202 g/mol. The van der Waals surface area contributed by atoms with Crippen LogP contribution in [-0.4, -0.2) is 13.3 Å². The fraction of sp³-hybridized carbons (Fsp3) is 0. The number of nitro benzene ring substituents is 1. The van der Waals surface area contributed by atoms with Gasteiger partial charge in [-0.15, -0.1) is 0 Å². The summed E-state index contributed by atoms with van der Waals surface area (Å²) >= 11 is 0. The number of nitrogens with one attached hydrogen (secondary N) is 1. The van der Waals surface area contributed by atoms with Gasteiger partial charge in [-0.25, -0.2) is 0 Å². The molecule has 0 spiro atoms. The number of non-ortho nitro benzene ring substituents is 1. The molecule has 1 N–H and O–H groups in total. The lowest BCUT2D eigenvalue weighted by molar-refractivity contribution is -0.384. The molecule has 0 saturated heterocycles. The van der Waals surface area contributed by atoms with E-state index in [-0.39, 0.29) is 5.69 Å². The Labute approximate surface area is 75.5 Å². The smallest absolute Gasteiger partial charge is 0.258 e. The summed E-state index contributed by atoms with van der Waals surface area (Å²) in [5.41, 5.74) is 0.137. The highest BCUT2D eigenvalue weighted by Gasteiger charge is 1.98. The summed E-state index contributed by atoms with van der Waals surface area (Å²) in [6, 6.07) is 7.93. The van der Waals surface area contributed by atoms with Crippen molar-refractivity contribution in [1.29, 1.82) is 4.78 Å². The van der Waals surface area contributed by atoms with Crippen molar-refractivity contribution in [2.75, 3.05) is 0 Å². The number of hydrogen-bond donors (Lipinski definition) is 1. The van der Waals surface area contributed by atoms with Crippen molar-refractivity contribution in [3.63, 3.8) is 0 Å². The molecule has 0 atom stereocenters. The Morgan fingerprint density at radius 2 is 1.62 bits per heavy atom. The van der Waals surface area contributed by atoms with Gasteiger partial charge in [0.25, 0.3) is 5.69 Å². The van der Waals surface area contributed by atoms with Gasteiger partial charge >= 0.3 is 10.5 Å². The second-order valence-corrected chi connectivity index (χ2v) is 2.30. The molecule has 0 heterocycles. The van der Waals surface area contributed by atoms with Crippen LogP contribution in [0.5, 0.6) is 0 Å². The van der Waals surface area contributed by atoms with Crippen molar-refractivity contribution in [3.05, 3.63) is 40.4 Å². The fourth-order valence-corrected chi connectivity index (χ4v) is 0.550. The second kappa shape index (κ2) is 5.84. The summed E-state index contributed by atoms with van der Waals surface area (Å²) < 4.78 is 22.8. The Bertz CT molecular complexity index is 365. The highest BCUT2D eigenvalue weighted by molar-refractivity contribution is 7.60. The summed E-state index contributed by atoms with van der Waals surface area (Å²) in [5.74, 6) is 0. The number of nitrogens with zero attached hydrogens (tertiary/aromatic N) is 1. The molecular weight excluding hydrogens is 196 g/mol. The molecule has 0 aliphatic carbocycles. The third kappa shape index (κ3) is 6.63. The van der Waals surface area contributed by atoms with E-state index < -0.39 is 15.4 Å². The van der Waals surface area contributed by atoms with Crippen LogP contribution in [-0.2, 0) is 10.5 Å². The van der Waals surface area contributed by atoms with Gasteiger partial charge in [0.2, 0.25) is 0 Å². The summed E-state index contributed by atoms with van der Waals surface area (Å²) in [4.78, 5) is 9.59. The maximum Gasteiger partial charge on any atom is 0.308 e. The minimum Gasteiger partial charge on any atom is -0.258 e. The van der Waals surface area contributed by atoms with Crippen molar-refractivity contribution in [1.82, 2.24) is 0 Å². The topological polar surface area (TPSA) is 101 Å². The number of rotatable bonds is 1. The van der Waals surface area contributed by atoms with Gasteiger partial charge in [0.15, 0.2) is 0 Å². The van der Waals surface area contributed by atoms with Gasteiger partial charge < -0.3 is 0 Å². The summed E-state index contributed by atoms with van der Waals surface area (Å²) in [6.45, 7) is 0. The van der Waals surface area contributed by atoms with Crippen molar-refractivity contribution >= 4 is 16.2 Å². The lowest BCUT2D eigenvalue weighted by atomic mass is 10.3. The Hall–Kier alpha value is -1.76. The summed E-state index contributed by atoms with van der Waals surface area (Å²) in [5, 5.41) is 10.0. The average Bonchev–Trinajstić information content (AvgIpc) is 2.05. The fourth-order valence-electron chi connectivity index (χ4n) is 0.550. The van der Waals surface area contributed by atoms with E-state index in [9.17, 15) is 10.1 Å². The van der Waals surface area contributed by atoms with E-state index in [2.05, 4.69) is 0 Å². The molecule has 1 rings (SSSR count). The standard InChI is InChI=1S/C6H5NO2.HNO2S/c8-7(9)6-4-2-1-3-5-6;1-4(2)3/h1-5H;1H. The maximum atomic E-state index is 10.0. The Morgan fingerprint density at radius 3 is 1.85 bits per heavy atom. The molecule has 0 aliphatic rings. The highest BCUT2D eigenvalue weighted by Crippen LogP contribution is 2.06. The molecule has 70 valence electrons. The lowest BCUT2D eigenvalue weighted by Gasteiger charge is -1.85. The van der Waals surface area contributed by atoms with Gasteiger partial charge in [-0.3, -0.25) is 10.1 Å². The van der Waals surface area contributed by atoms with Crippen LogP contribution in [0, 0.1) is 14.9 Å². The molecule has 0 saturated carbocycles. The second-order valence-electron chi connectivity index (χ2n) is 1.83. The molecule has 1 aromatic rings. The van der Waals surface area contributed by atoms with Gasteiger partial charge in [-0.05, 0) is 0 Å². The molecule has 13 heavy (non-hydrogen) atoms. The number of para-hydroxylation sites is 1. The van der Waals surface area contributed by atoms with Gasteiger partial charge in [0, 0.05) is 12.1 Å². The summed E-state index contributed by atoms with van der Waals surface area (Å²) in [6.07, 6.45) is 0. The predicted octanol–water partition coefficient (Wildman–Crippen LogP) is 1.22. The molecule has 7 heteroatoms. The lowest BCUT2D eigenvalue weighted by Crippen LogP contribution is -1.84. The zero-order chi connectivity index (χ0) is 10.3. The van der Waals surface area contributed by atoms with Gasteiger partial charge in [0.05, 0.1) is 4.92 Å². The van der Waals surface area contributed by atoms with Gasteiger partial charge in [-0.1, -0.05) is 18.2 Å². The van der Waals surface area contributed by atoms with Crippen LogP contribution in [0.4, 0.5) is 5.69 Å². The molecule has 0 bridgehead atoms. The molecule has 0 unspecified atom stereocenters. The van der Waals surface area contributed by atoms with Crippen LogP contribution in [0.1, 0.15) is 0 Å². The first-order valence-electron chi connectivity index (χ1n) is 3.04. The van der Waals surface area contributed by atoms with Crippen molar-refractivity contribution in [2.24, 2.45) is 0 Å². The van der Waals surface area contributed by atoms with Crippen molar-refractivity contribution in [3.8, 4) is 0 Å². The molecular formula is C6H6N2O4S. The van der Waals surface area contributed by atoms with Crippen LogP contribution in [0.2, 0.25) is 0 Å². The SMILES string of the molecule is N=S(=O)=O.O=[N+]([O-])c1ccccc1. The monoisotopic (exact) mass is 202 g/mol. The largest absolute Gasteiger partial charge is 0.308 e. The Morgan fingerprint density at radius 1 is 1.23 bits per heavy atom. The molecule has 0 fully saturated rings. The van der Waals surface area contributed by atoms with E-state index >= 15 is 0 Å². The molecule has 1 aromatic carbocycles. The molecule has 0 radical (unpaired) electrons. The van der Waals surface area contributed by atoms with E-state index in [0.29, 0.717) is 0 Å². The van der Waals surface area contributed by atoms with Crippen LogP contribution in [0.3, 0.4) is 0 Å². The minimum absolute atomic E-state index is 0.137. The Balaban J connectivity index is 0.000000310. The van der Waals surface area contributed by atoms with Crippen molar-refractivity contribution in [2.45, 2.75) is 0 Å². The van der Waals surface area contributed by atoms with Gasteiger partial charge in [0.1, 0.15) is 0 Å². The number of nitro groups is 1. The normalized spacial score (nSPS) is 8.00. The van der Waals surface area contributed by atoms with E-state index in [0.717, 1.165) is 0 Å². The zero-order valence-electron chi connectivity index (χ0n) is 6.38. The van der Waals surface area contributed by atoms with Gasteiger partial charge in [-0.2, -0.15) is 13.2 Å². The zero-order valence-corrected chi connectivity index (χ0v) is 7.19. The third-order valence-corrected chi connectivity index (χ3v) is 0.967. The third-order valence-electron chi connectivity index (χ3n) is 0.967. The van der Waals surface area contributed by atoms with E-state index in [4.69, 9.17) is 13.2 Å². The molecule has 0 aliphatic heterocycles. The summed E-state index contributed by atoms with van der Waals surface area (Å²) in [7, 11) is -2.61. The van der Waals surface area contributed by atoms with E-state index in [1.54, 1.807) is 18.2 Å². The first kappa shape index (κ1) is 11.2. The molecule has 0 aromatic heterocycles. The number of benzene rings is 1. The molecule has 6 nitrogen and oxygen atoms in total. The van der Waals surface area contributed by atoms with Crippen LogP contribution < -0.4 is 0 Å². The first-order valence-corrected chi connectivity index (χ1v) is 4.11. The quantitative estimate of drug-likeness (QED) is 0.546. The molecule has 0 amide bonds.